The smallest absolute Gasteiger partial charge is 0.277 e. The van der Waals surface area contributed by atoms with Crippen molar-refractivity contribution < 1.29 is 14.8 Å². The monoisotopic (exact) mass is 338 g/mol. The minimum Gasteiger partial charge on any atom is -0.486 e. The fourth-order valence-electron chi connectivity index (χ4n) is 2.68. The largest absolute Gasteiger partial charge is 0.486 e. The van der Waals surface area contributed by atoms with Crippen molar-refractivity contribution >= 4 is 5.82 Å². The van der Waals surface area contributed by atoms with Gasteiger partial charge in [-0.05, 0) is 42.8 Å². The lowest BCUT2D eigenvalue weighted by molar-refractivity contribution is -0.361. The standard InChI is InChI=1S/C20H23N3O2/c1-14-4-8-16(9-5-14)25-17-10-6-15(7-11-17)13-23-20(24)18-3-2-12-22-19(18)21/h2-10,12,17,20,23-24H,11,13H2,1H3,(H2,21,22)/p+1. The predicted molar refractivity (Wildman–Crippen MR) is 97.8 cm³/mol. The van der Waals surface area contributed by atoms with Crippen molar-refractivity contribution in [1.82, 2.24) is 5.32 Å². The fraction of sp³-hybridized carbons (Fsp3) is 0.250. The van der Waals surface area contributed by atoms with Crippen LogP contribution in [-0.2, 0) is 0 Å². The number of aryl methyl sites for hydroxylation is 1. The van der Waals surface area contributed by atoms with Crippen LogP contribution in [0.1, 0.15) is 23.8 Å². The number of benzene rings is 1. The van der Waals surface area contributed by atoms with E-state index >= 15 is 0 Å². The van der Waals surface area contributed by atoms with E-state index in [1.165, 1.54) is 5.56 Å². The number of aromatic amines is 1. The molecule has 0 saturated heterocycles. The second kappa shape index (κ2) is 7.96. The first-order valence-corrected chi connectivity index (χ1v) is 8.40. The molecule has 0 spiro atoms. The SMILES string of the molecule is Cc1ccc(OC2C=CC(CNC(O)c3ccc[nH+]c3N)=CC2)cc1. The van der Waals surface area contributed by atoms with Crippen LogP contribution in [0.5, 0.6) is 5.75 Å². The number of ether oxygens (including phenoxy) is 1. The number of nitrogens with two attached hydrogens (primary N) is 1. The van der Waals surface area contributed by atoms with E-state index in [0.29, 0.717) is 17.9 Å². The lowest BCUT2D eigenvalue weighted by Gasteiger charge is -2.19. The van der Waals surface area contributed by atoms with Crippen molar-refractivity contribution in [2.24, 2.45) is 0 Å². The molecular formula is C20H24N3O2+. The van der Waals surface area contributed by atoms with E-state index in [9.17, 15) is 5.11 Å². The molecule has 5 heteroatoms. The predicted octanol–water partition coefficient (Wildman–Crippen LogP) is 2.31. The Bertz CT molecular complexity index is 769. The highest BCUT2D eigenvalue weighted by atomic mass is 16.5. The maximum Gasteiger partial charge on any atom is 0.277 e. The minimum atomic E-state index is -0.812. The lowest BCUT2D eigenvalue weighted by atomic mass is 10.0. The van der Waals surface area contributed by atoms with Gasteiger partial charge in [0.1, 0.15) is 18.1 Å². The van der Waals surface area contributed by atoms with Crippen molar-refractivity contribution in [2.45, 2.75) is 25.7 Å². The third kappa shape index (κ3) is 4.68. The summed E-state index contributed by atoms with van der Waals surface area (Å²) in [5, 5.41) is 13.3. The van der Waals surface area contributed by atoms with Crippen LogP contribution < -0.4 is 20.8 Å². The zero-order valence-corrected chi connectivity index (χ0v) is 14.3. The van der Waals surface area contributed by atoms with E-state index in [1.54, 1.807) is 12.3 Å². The highest BCUT2D eigenvalue weighted by Gasteiger charge is 2.15. The summed E-state index contributed by atoms with van der Waals surface area (Å²) < 4.78 is 5.95. The molecule has 2 unspecified atom stereocenters. The summed E-state index contributed by atoms with van der Waals surface area (Å²) in [7, 11) is 0. The van der Waals surface area contributed by atoms with Crippen LogP contribution in [0.25, 0.3) is 0 Å². The Hall–Kier alpha value is -2.63. The molecule has 1 aromatic carbocycles. The third-order valence-corrected chi connectivity index (χ3v) is 4.16. The third-order valence-electron chi connectivity index (χ3n) is 4.16. The minimum absolute atomic E-state index is 0.0377. The van der Waals surface area contributed by atoms with Gasteiger partial charge in [0.25, 0.3) is 5.82 Å². The van der Waals surface area contributed by atoms with Crippen molar-refractivity contribution in [3.63, 3.8) is 0 Å². The zero-order valence-electron chi connectivity index (χ0n) is 14.3. The molecule has 5 N–H and O–H groups in total. The summed E-state index contributed by atoms with van der Waals surface area (Å²) in [5.74, 6) is 1.34. The molecule has 0 saturated carbocycles. The number of anilines is 1. The molecule has 2 atom stereocenters. The highest BCUT2D eigenvalue weighted by Crippen LogP contribution is 2.19. The first kappa shape index (κ1) is 17.2. The molecule has 3 rings (SSSR count). The Morgan fingerprint density at radius 3 is 2.80 bits per heavy atom. The fourth-order valence-corrected chi connectivity index (χ4v) is 2.68. The molecule has 0 amide bonds. The van der Waals surface area contributed by atoms with E-state index < -0.39 is 6.23 Å². The normalized spacial score (nSPS) is 17.8. The topological polar surface area (TPSA) is 81.6 Å². The van der Waals surface area contributed by atoms with Gasteiger partial charge >= 0.3 is 0 Å². The Kier molecular flexibility index (Phi) is 5.48. The van der Waals surface area contributed by atoms with E-state index in [2.05, 4.69) is 23.3 Å². The van der Waals surface area contributed by atoms with Gasteiger partial charge < -0.3 is 9.84 Å². The molecule has 1 aliphatic carbocycles. The highest BCUT2D eigenvalue weighted by molar-refractivity contribution is 5.35. The van der Waals surface area contributed by atoms with Gasteiger partial charge in [-0.2, -0.15) is 0 Å². The van der Waals surface area contributed by atoms with Gasteiger partial charge in [0.15, 0.2) is 0 Å². The summed E-state index contributed by atoms with van der Waals surface area (Å²) in [6.45, 7) is 2.62. The van der Waals surface area contributed by atoms with E-state index in [-0.39, 0.29) is 6.10 Å². The summed E-state index contributed by atoms with van der Waals surface area (Å²) in [4.78, 5) is 2.88. The van der Waals surface area contributed by atoms with Crippen LogP contribution in [0, 0.1) is 6.92 Å². The van der Waals surface area contributed by atoms with Crippen molar-refractivity contribution in [3.8, 4) is 5.75 Å². The Labute approximate surface area is 147 Å². The molecule has 25 heavy (non-hydrogen) atoms. The molecule has 130 valence electrons. The number of H-pyrrole nitrogens is 1. The first-order valence-electron chi connectivity index (χ1n) is 8.40. The van der Waals surface area contributed by atoms with Crippen LogP contribution in [0.3, 0.4) is 0 Å². The molecule has 2 aromatic rings. The number of aliphatic hydroxyl groups is 1. The summed E-state index contributed by atoms with van der Waals surface area (Å²) in [6, 6.07) is 11.7. The van der Waals surface area contributed by atoms with Gasteiger partial charge in [0.05, 0.1) is 11.8 Å². The second-order valence-corrected chi connectivity index (χ2v) is 6.17. The molecule has 1 aliphatic rings. The quantitative estimate of drug-likeness (QED) is 0.706. The Balaban J connectivity index is 1.49. The number of hydrogen-bond donors (Lipinski definition) is 3. The van der Waals surface area contributed by atoms with Gasteiger partial charge in [-0.3, -0.25) is 11.1 Å². The van der Waals surface area contributed by atoms with Crippen LogP contribution in [0.4, 0.5) is 5.82 Å². The van der Waals surface area contributed by atoms with Gasteiger partial charge in [-0.1, -0.05) is 29.8 Å². The Morgan fingerprint density at radius 2 is 2.12 bits per heavy atom. The molecule has 1 aromatic heterocycles. The first-order chi connectivity index (χ1) is 12.1. The number of aliphatic hydroxyl groups excluding tert-OH is 1. The maximum absolute atomic E-state index is 10.2. The zero-order chi connectivity index (χ0) is 17.6. The number of hydrogen-bond acceptors (Lipinski definition) is 4. The average molecular weight is 338 g/mol. The van der Waals surface area contributed by atoms with E-state index in [0.717, 1.165) is 17.7 Å². The summed E-state index contributed by atoms with van der Waals surface area (Å²) in [6.07, 6.45) is 7.96. The molecular weight excluding hydrogens is 314 g/mol. The molecule has 1 heterocycles. The summed E-state index contributed by atoms with van der Waals surface area (Å²) >= 11 is 0. The summed E-state index contributed by atoms with van der Waals surface area (Å²) in [5.41, 5.74) is 8.80. The second-order valence-electron chi connectivity index (χ2n) is 6.17. The van der Waals surface area contributed by atoms with Gasteiger partial charge in [-0.25, -0.2) is 4.98 Å². The van der Waals surface area contributed by atoms with Crippen molar-refractivity contribution in [2.75, 3.05) is 12.3 Å². The molecule has 5 nitrogen and oxygen atoms in total. The lowest BCUT2D eigenvalue weighted by Crippen LogP contribution is -2.27. The number of nitrogens with one attached hydrogen (secondary N) is 2. The van der Waals surface area contributed by atoms with Crippen LogP contribution in [0.15, 0.2) is 66.4 Å². The van der Waals surface area contributed by atoms with Crippen molar-refractivity contribution in [1.29, 1.82) is 0 Å². The number of rotatable bonds is 6. The van der Waals surface area contributed by atoms with E-state index in [1.807, 2.05) is 42.5 Å². The van der Waals surface area contributed by atoms with Gasteiger partial charge in [0.2, 0.25) is 0 Å². The average Bonchev–Trinajstić information content (AvgIpc) is 2.63. The number of aromatic nitrogens is 1. The Morgan fingerprint density at radius 1 is 1.32 bits per heavy atom. The van der Waals surface area contributed by atoms with Crippen LogP contribution in [-0.4, -0.2) is 17.8 Å². The van der Waals surface area contributed by atoms with Gasteiger partial charge in [0, 0.05) is 13.0 Å². The van der Waals surface area contributed by atoms with Crippen LogP contribution >= 0.6 is 0 Å². The molecule has 0 radical (unpaired) electrons. The number of nitrogen functional groups attached to an aromatic ring is 1. The molecule has 0 bridgehead atoms. The van der Waals surface area contributed by atoms with E-state index in [4.69, 9.17) is 10.5 Å². The van der Waals surface area contributed by atoms with Crippen LogP contribution in [0.2, 0.25) is 0 Å². The molecule has 0 aliphatic heterocycles. The number of pyridine rings is 1. The maximum atomic E-state index is 10.2. The van der Waals surface area contributed by atoms with Gasteiger partial charge in [-0.15, -0.1) is 0 Å². The van der Waals surface area contributed by atoms with Crippen molar-refractivity contribution in [3.05, 3.63) is 77.5 Å². The molecule has 0 fully saturated rings.